The van der Waals surface area contributed by atoms with Crippen LogP contribution in [0, 0.1) is 5.41 Å². The average Bonchev–Trinajstić information content (AvgIpc) is 2.28. The summed E-state index contributed by atoms with van der Waals surface area (Å²) in [4.78, 5) is 14.1. The van der Waals surface area contributed by atoms with Gasteiger partial charge < -0.3 is 11.1 Å². The van der Waals surface area contributed by atoms with Crippen LogP contribution < -0.4 is 11.1 Å². The summed E-state index contributed by atoms with van der Waals surface area (Å²) in [5.74, 6) is 0.0659. The summed E-state index contributed by atoms with van der Waals surface area (Å²) in [6.07, 6.45) is 2.65. The predicted molar refractivity (Wildman–Crippen MR) is 77.9 cm³/mol. The van der Waals surface area contributed by atoms with Crippen molar-refractivity contribution < 1.29 is 4.79 Å². The lowest BCUT2D eigenvalue weighted by Gasteiger charge is -2.44. The Kier molecular flexibility index (Phi) is 6.89. The second-order valence-corrected chi connectivity index (χ2v) is 5.56. The van der Waals surface area contributed by atoms with Gasteiger partial charge >= 0.3 is 0 Å². The van der Waals surface area contributed by atoms with Gasteiger partial charge in [0.2, 0.25) is 5.91 Å². The monoisotopic (exact) mass is 275 g/mol. The van der Waals surface area contributed by atoms with Gasteiger partial charge in [0.25, 0.3) is 0 Å². The maximum absolute atomic E-state index is 11.9. The first-order valence-electron chi connectivity index (χ1n) is 6.26. The Hall–Kier alpha value is -0.580. The van der Waals surface area contributed by atoms with E-state index in [1.165, 1.54) is 0 Å². The van der Waals surface area contributed by atoms with Gasteiger partial charge in [0, 0.05) is 25.7 Å². The number of amides is 1. The van der Waals surface area contributed by atoms with E-state index in [2.05, 4.69) is 30.6 Å². The SMILES string of the molecule is C=CCNC(=O)C(C)N1CCC(N)C(C)(C)C1.Cl. The van der Waals surface area contributed by atoms with Crippen LogP contribution in [0.15, 0.2) is 12.7 Å². The van der Waals surface area contributed by atoms with E-state index in [0.29, 0.717) is 6.54 Å². The largest absolute Gasteiger partial charge is 0.351 e. The molecule has 0 aromatic carbocycles. The minimum Gasteiger partial charge on any atom is -0.351 e. The first kappa shape index (κ1) is 17.4. The zero-order valence-corrected chi connectivity index (χ0v) is 12.4. The van der Waals surface area contributed by atoms with Gasteiger partial charge in [-0.05, 0) is 18.8 Å². The third-order valence-electron chi connectivity index (χ3n) is 3.69. The zero-order valence-electron chi connectivity index (χ0n) is 11.6. The highest BCUT2D eigenvalue weighted by atomic mass is 35.5. The van der Waals surface area contributed by atoms with Crippen molar-refractivity contribution in [2.24, 2.45) is 11.1 Å². The summed E-state index contributed by atoms with van der Waals surface area (Å²) < 4.78 is 0. The fraction of sp³-hybridized carbons (Fsp3) is 0.769. The lowest BCUT2D eigenvalue weighted by molar-refractivity contribution is -0.127. The minimum absolute atomic E-state index is 0. The van der Waals surface area contributed by atoms with E-state index in [9.17, 15) is 4.79 Å². The molecule has 1 fully saturated rings. The number of likely N-dealkylation sites (tertiary alicyclic amines) is 1. The lowest BCUT2D eigenvalue weighted by Crippen LogP contribution is -2.57. The molecule has 5 heteroatoms. The smallest absolute Gasteiger partial charge is 0.237 e. The summed E-state index contributed by atoms with van der Waals surface area (Å²) in [6.45, 7) is 12.2. The van der Waals surface area contributed by atoms with Crippen molar-refractivity contribution in [1.82, 2.24) is 10.2 Å². The highest BCUT2D eigenvalue weighted by molar-refractivity contribution is 5.85. The van der Waals surface area contributed by atoms with Crippen LogP contribution in [0.4, 0.5) is 0 Å². The van der Waals surface area contributed by atoms with E-state index in [0.717, 1.165) is 19.5 Å². The number of carbonyl (C=O) groups is 1. The maximum atomic E-state index is 11.9. The molecule has 1 rings (SSSR count). The van der Waals surface area contributed by atoms with Gasteiger partial charge in [-0.3, -0.25) is 9.69 Å². The number of carbonyl (C=O) groups excluding carboxylic acids is 1. The topological polar surface area (TPSA) is 58.4 Å². The lowest BCUT2D eigenvalue weighted by atomic mass is 9.79. The first-order chi connectivity index (χ1) is 7.88. The number of nitrogens with zero attached hydrogens (tertiary/aromatic N) is 1. The van der Waals surface area contributed by atoms with Gasteiger partial charge in [0.05, 0.1) is 6.04 Å². The molecule has 1 heterocycles. The van der Waals surface area contributed by atoms with Crippen LogP contribution in [0.2, 0.25) is 0 Å². The summed E-state index contributed by atoms with van der Waals surface area (Å²) in [5.41, 5.74) is 6.17. The Morgan fingerprint density at radius 2 is 2.28 bits per heavy atom. The molecule has 1 aliphatic rings. The Morgan fingerprint density at radius 3 is 2.78 bits per heavy atom. The quantitative estimate of drug-likeness (QED) is 0.757. The summed E-state index contributed by atoms with van der Waals surface area (Å²) in [6, 6.07) is 0.129. The molecule has 4 nitrogen and oxygen atoms in total. The van der Waals surface area contributed by atoms with Crippen molar-refractivity contribution in [3.63, 3.8) is 0 Å². The normalized spacial score (nSPS) is 24.8. The van der Waals surface area contributed by atoms with E-state index in [1.807, 2.05) is 6.92 Å². The molecular weight excluding hydrogens is 250 g/mol. The molecular formula is C13H26ClN3O. The number of piperidine rings is 1. The van der Waals surface area contributed by atoms with Crippen molar-refractivity contribution in [2.45, 2.75) is 39.3 Å². The van der Waals surface area contributed by atoms with Gasteiger partial charge in [0.1, 0.15) is 0 Å². The molecule has 3 N–H and O–H groups in total. The van der Waals surface area contributed by atoms with E-state index in [4.69, 9.17) is 5.73 Å². The molecule has 2 atom stereocenters. The number of hydrogen-bond donors (Lipinski definition) is 2. The molecule has 0 aromatic rings. The molecule has 106 valence electrons. The molecule has 18 heavy (non-hydrogen) atoms. The van der Waals surface area contributed by atoms with Crippen LogP contribution in [0.3, 0.4) is 0 Å². The number of rotatable bonds is 4. The average molecular weight is 276 g/mol. The van der Waals surface area contributed by atoms with Crippen LogP contribution in [-0.2, 0) is 4.79 Å². The summed E-state index contributed by atoms with van der Waals surface area (Å²) in [5, 5.41) is 2.84. The molecule has 0 bridgehead atoms. The van der Waals surface area contributed by atoms with Crippen LogP contribution in [0.5, 0.6) is 0 Å². The Morgan fingerprint density at radius 1 is 1.67 bits per heavy atom. The predicted octanol–water partition coefficient (Wildman–Crippen LogP) is 1.16. The molecule has 0 aliphatic carbocycles. The highest BCUT2D eigenvalue weighted by Crippen LogP contribution is 2.28. The highest BCUT2D eigenvalue weighted by Gasteiger charge is 2.36. The third kappa shape index (κ3) is 4.26. The van der Waals surface area contributed by atoms with Gasteiger partial charge in [0.15, 0.2) is 0 Å². The molecule has 0 saturated carbocycles. The number of halogens is 1. The van der Waals surface area contributed by atoms with Crippen LogP contribution >= 0.6 is 12.4 Å². The van der Waals surface area contributed by atoms with E-state index >= 15 is 0 Å². The van der Waals surface area contributed by atoms with Gasteiger partial charge in [-0.2, -0.15) is 0 Å². The fourth-order valence-corrected chi connectivity index (χ4v) is 2.23. The molecule has 0 spiro atoms. The van der Waals surface area contributed by atoms with Crippen molar-refractivity contribution >= 4 is 18.3 Å². The zero-order chi connectivity index (χ0) is 13.1. The molecule has 1 amide bonds. The number of nitrogens with two attached hydrogens (primary N) is 1. The number of nitrogens with one attached hydrogen (secondary N) is 1. The minimum atomic E-state index is -0.0956. The van der Waals surface area contributed by atoms with Crippen LogP contribution in [0.1, 0.15) is 27.2 Å². The van der Waals surface area contributed by atoms with E-state index in [1.54, 1.807) is 6.08 Å². The van der Waals surface area contributed by atoms with Gasteiger partial charge in [-0.25, -0.2) is 0 Å². The second-order valence-electron chi connectivity index (χ2n) is 5.56. The molecule has 1 aliphatic heterocycles. The van der Waals surface area contributed by atoms with Gasteiger partial charge in [-0.15, -0.1) is 19.0 Å². The molecule has 0 aromatic heterocycles. The van der Waals surface area contributed by atoms with E-state index < -0.39 is 0 Å². The van der Waals surface area contributed by atoms with E-state index in [-0.39, 0.29) is 35.8 Å². The van der Waals surface area contributed by atoms with Crippen LogP contribution in [-0.4, -0.2) is 42.5 Å². The fourth-order valence-electron chi connectivity index (χ4n) is 2.23. The second kappa shape index (κ2) is 7.12. The third-order valence-corrected chi connectivity index (χ3v) is 3.69. The molecule has 1 saturated heterocycles. The molecule has 0 radical (unpaired) electrons. The van der Waals surface area contributed by atoms with Crippen molar-refractivity contribution in [3.8, 4) is 0 Å². The molecule has 2 unspecified atom stereocenters. The van der Waals surface area contributed by atoms with Gasteiger partial charge in [-0.1, -0.05) is 19.9 Å². The Bertz CT molecular complexity index is 294. The Labute approximate surface area is 116 Å². The van der Waals surface area contributed by atoms with Crippen molar-refractivity contribution in [1.29, 1.82) is 0 Å². The summed E-state index contributed by atoms with van der Waals surface area (Å²) in [7, 11) is 0. The van der Waals surface area contributed by atoms with Crippen molar-refractivity contribution in [3.05, 3.63) is 12.7 Å². The standard InChI is InChI=1S/C13H25N3O.ClH/c1-5-7-15-12(17)10(2)16-8-6-11(14)13(3,4)9-16;/h5,10-11H,1,6-9,14H2,2-4H3,(H,15,17);1H. The first-order valence-corrected chi connectivity index (χ1v) is 6.26. The summed E-state index contributed by atoms with van der Waals surface area (Å²) >= 11 is 0. The maximum Gasteiger partial charge on any atom is 0.237 e. The van der Waals surface area contributed by atoms with Crippen LogP contribution in [0.25, 0.3) is 0 Å². The Balaban J connectivity index is 0.00000289. The van der Waals surface area contributed by atoms with Crippen molar-refractivity contribution in [2.75, 3.05) is 19.6 Å². The number of hydrogen-bond acceptors (Lipinski definition) is 3.